The first-order chi connectivity index (χ1) is 17.0. The molecule has 0 unspecified atom stereocenters. The highest BCUT2D eigenvalue weighted by atomic mass is 16.7. The van der Waals surface area contributed by atoms with Gasteiger partial charge in [0.25, 0.3) is 11.5 Å². The summed E-state index contributed by atoms with van der Waals surface area (Å²) in [7, 11) is 0. The summed E-state index contributed by atoms with van der Waals surface area (Å²) in [4.78, 5) is 41.9. The molecule has 1 heterocycles. The molecule has 1 N–H and O–H groups in total. The molecule has 0 bridgehead atoms. The second-order valence-corrected chi connectivity index (χ2v) is 7.80. The van der Waals surface area contributed by atoms with E-state index in [1.807, 2.05) is 54.6 Å². The van der Waals surface area contributed by atoms with E-state index in [-0.39, 0.29) is 12.3 Å². The van der Waals surface area contributed by atoms with E-state index in [4.69, 9.17) is 9.57 Å². The van der Waals surface area contributed by atoms with Gasteiger partial charge in [-0.05, 0) is 40.5 Å². The van der Waals surface area contributed by atoms with Crippen LogP contribution in [-0.2, 0) is 17.9 Å². The molecule has 7 heteroatoms. The Balaban J connectivity index is 1.40. The van der Waals surface area contributed by atoms with E-state index in [1.165, 1.54) is 25.1 Å². The summed E-state index contributed by atoms with van der Waals surface area (Å²) in [6.45, 7) is 1.67. The molecule has 0 aliphatic rings. The third-order valence-electron chi connectivity index (χ3n) is 5.20. The fourth-order valence-electron chi connectivity index (χ4n) is 3.45. The van der Waals surface area contributed by atoms with E-state index in [0.717, 1.165) is 27.0 Å². The van der Waals surface area contributed by atoms with Crippen molar-refractivity contribution in [3.8, 4) is 16.9 Å². The molecule has 0 saturated heterocycles. The highest BCUT2D eigenvalue weighted by Gasteiger charge is 2.14. The minimum absolute atomic E-state index is 0.0471. The molecule has 0 fully saturated rings. The Morgan fingerprint density at radius 3 is 2.11 bits per heavy atom. The van der Waals surface area contributed by atoms with Gasteiger partial charge >= 0.3 is 5.97 Å². The number of carbonyl (C=O) groups is 2. The molecule has 0 spiro atoms. The third kappa shape index (κ3) is 6.23. The lowest BCUT2D eigenvalue weighted by atomic mass is 10.0. The molecule has 3 aromatic carbocycles. The molecule has 4 aromatic rings. The molecule has 176 valence electrons. The molecular formula is C28H24N2O5. The highest BCUT2D eigenvalue weighted by Crippen LogP contribution is 2.19. The Morgan fingerprint density at radius 1 is 0.771 bits per heavy atom. The van der Waals surface area contributed by atoms with Crippen molar-refractivity contribution in [2.45, 2.75) is 20.1 Å². The summed E-state index contributed by atoms with van der Waals surface area (Å²) in [5, 5.41) is 2.84. The molecule has 35 heavy (non-hydrogen) atoms. The molecule has 7 nitrogen and oxygen atoms in total. The van der Waals surface area contributed by atoms with Crippen LogP contribution in [-0.4, -0.2) is 16.6 Å². The van der Waals surface area contributed by atoms with E-state index in [2.05, 4.69) is 5.32 Å². The van der Waals surface area contributed by atoms with Crippen LogP contribution in [0.2, 0.25) is 0 Å². The van der Waals surface area contributed by atoms with Gasteiger partial charge < -0.3 is 14.9 Å². The molecular weight excluding hydrogens is 444 g/mol. The molecule has 0 saturated carbocycles. The number of benzene rings is 3. The lowest BCUT2D eigenvalue weighted by Gasteiger charge is -2.14. The Kier molecular flexibility index (Phi) is 7.37. The predicted molar refractivity (Wildman–Crippen MR) is 132 cm³/mol. The second kappa shape index (κ2) is 11.0. The van der Waals surface area contributed by atoms with Crippen molar-refractivity contribution in [3.05, 3.63) is 124 Å². The van der Waals surface area contributed by atoms with Gasteiger partial charge in [-0.25, -0.2) is 0 Å². The lowest BCUT2D eigenvalue weighted by molar-refractivity contribution is -0.131. The summed E-state index contributed by atoms with van der Waals surface area (Å²) in [5.41, 5.74) is 3.51. The number of ether oxygens (including phenoxy) is 1. The number of hydrogen-bond donors (Lipinski definition) is 1. The van der Waals surface area contributed by atoms with Crippen molar-refractivity contribution in [1.82, 2.24) is 10.0 Å². The van der Waals surface area contributed by atoms with E-state index in [1.54, 1.807) is 24.3 Å². The summed E-state index contributed by atoms with van der Waals surface area (Å²) in [6, 6.07) is 29.0. The van der Waals surface area contributed by atoms with Gasteiger partial charge in [-0.15, -0.1) is 4.73 Å². The normalized spacial score (nSPS) is 10.4. The Bertz CT molecular complexity index is 1360. The fourth-order valence-corrected chi connectivity index (χ4v) is 3.45. The Morgan fingerprint density at radius 2 is 1.43 bits per heavy atom. The zero-order valence-corrected chi connectivity index (χ0v) is 19.1. The standard InChI is InChI=1S/C28H24N2O5/c1-20(31)35-25-16-12-22(13-17-25)19-34-30-26(8-5-9-27(30)32)28(33)29-18-21-10-14-24(15-11-21)23-6-3-2-4-7-23/h2-17H,18-19H2,1H3,(H,29,33). The highest BCUT2D eigenvalue weighted by molar-refractivity contribution is 5.92. The number of carbonyl (C=O) groups excluding carboxylic acids is 2. The summed E-state index contributed by atoms with van der Waals surface area (Å²) >= 11 is 0. The Hall–Kier alpha value is -4.65. The van der Waals surface area contributed by atoms with Crippen molar-refractivity contribution < 1.29 is 19.2 Å². The quantitative estimate of drug-likeness (QED) is 0.312. The number of nitrogens with one attached hydrogen (secondary N) is 1. The van der Waals surface area contributed by atoms with Gasteiger partial charge in [0.1, 0.15) is 18.1 Å². The van der Waals surface area contributed by atoms with Gasteiger partial charge in [-0.1, -0.05) is 72.8 Å². The number of pyridine rings is 1. The number of rotatable bonds is 8. The first-order valence-corrected chi connectivity index (χ1v) is 11.0. The van der Waals surface area contributed by atoms with Gasteiger partial charge in [-0.2, -0.15) is 0 Å². The van der Waals surface area contributed by atoms with Gasteiger partial charge in [0.2, 0.25) is 0 Å². The van der Waals surface area contributed by atoms with Crippen LogP contribution in [0.4, 0.5) is 0 Å². The van der Waals surface area contributed by atoms with Crippen molar-refractivity contribution in [2.75, 3.05) is 0 Å². The lowest BCUT2D eigenvalue weighted by Crippen LogP contribution is -2.35. The SMILES string of the molecule is CC(=O)Oc1ccc(COn2c(C(=O)NCc3ccc(-c4ccccc4)cc3)cccc2=O)cc1. The van der Waals surface area contributed by atoms with E-state index in [9.17, 15) is 14.4 Å². The summed E-state index contributed by atoms with van der Waals surface area (Å²) < 4.78 is 5.99. The van der Waals surface area contributed by atoms with Crippen molar-refractivity contribution in [1.29, 1.82) is 0 Å². The van der Waals surface area contributed by atoms with Crippen LogP contribution in [0.25, 0.3) is 11.1 Å². The predicted octanol–water partition coefficient (Wildman–Crippen LogP) is 4.00. The Labute approximate surface area is 202 Å². The van der Waals surface area contributed by atoms with Gasteiger partial charge in [0.05, 0.1) is 0 Å². The molecule has 0 aliphatic heterocycles. The number of nitrogens with zero attached hydrogens (tertiary/aromatic N) is 1. The average Bonchev–Trinajstić information content (AvgIpc) is 2.88. The maximum atomic E-state index is 12.8. The maximum Gasteiger partial charge on any atom is 0.308 e. The molecule has 0 aliphatic carbocycles. The van der Waals surface area contributed by atoms with Crippen LogP contribution < -0.4 is 20.5 Å². The summed E-state index contributed by atoms with van der Waals surface area (Å²) in [5.74, 6) is -0.428. The molecule has 4 rings (SSSR count). The van der Waals surface area contributed by atoms with Crippen molar-refractivity contribution >= 4 is 11.9 Å². The van der Waals surface area contributed by atoms with Gasteiger partial charge in [0, 0.05) is 19.5 Å². The van der Waals surface area contributed by atoms with Crippen LogP contribution in [0.5, 0.6) is 5.75 Å². The van der Waals surface area contributed by atoms with Crippen LogP contribution in [0.3, 0.4) is 0 Å². The monoisotopic (exact) mass is 468 g/mol. The smallest absolute Gasteiger partial charge is 0.308 e. The number of esters is 1. The zero-order chi connectivity index (χ0) is 24.6. The van der Waals surface area contributed by atoms with E-state index >= 15 is 0 Å². The second-order valence-electron chi connectivity index (χ2n) is 7.80. The van der Waals surface area contributed by atoms with E-state index in [0.29, 0.717) is 12.3 Å². The minimum atomic E-state index is -0.457. The molecule has 1 amide bonds. The molecule has 0 atom stereocenters. The average molecular weight is 469 g/mol. The number of aromatic nitrogens is 1. The number of amides is 1. The molecule has 0 radical (unpaired) electrons. The molecule has 1 aromatic heterocycles. The number of hydrogen-bond acceptors (Lipinski definition) is 5. The van der Waals surface area contributed by atoms with Gasteiger partial charge in [0.15, 0.2) is 0 Å². The van der Waals surface area contributed by atoms with Gasteiger partial charge in [-0.3, -0.25) is 14.4 Å². The third-order valence-corrected chi connectivity index (χ3v) is 5.20. The van der Waals surface area contributed by atoms with Crippen LogP contribution in [0.15, 0.2) is 102 Å². The van der Waals surface area contributed by atoms with Crippen molar-refractivity contribution in [2.24, 2.45) is 0 Å². The topological polar surface area (TPSA) is 86.6 Å². The largest absolute Gasteiger partial charge is 0.427 e. The van der Waals surface area contributed by atoms with Crippen molar-refractivity contribution in [3.63, 3.8) is 0 Å². The van der Waals surface area contributed by atoms with E-state index < -0.39 is 17.4 Å². The van der Waals surface area contributed by atoms with Crippen LogP contribution in [0.1, 0.15) is 28.5 Å². The fraction of sp³-hybridized carbons (Fsp3) is 0.107. The minimum Gasteiger partial charge on any atom is -0.427 e. The first-order valence-electron chi connectivity index (χ1n) is 11.0. The first kappa shape index (κ1) is 23.5. The zero-order valence-electron chi connectivity index (χ0n) is 19.1. The maximum absolute atomic E-state index is 12.8. The van der Waals surface area contributed by atoms with Crippen LogP contribution >= 0.6 is 0 Å². The van der Waals surface area contributed by atoms with Crippen LogP contribution in [0, 0.1) is 0 Å². The summed E-state index contributed by atoms with van der Waals surface area (Å²) in [6.07, 6.45) is 0.